The van der Waals surface area contributed by atoms with Crippen LogP contribution in [0.2, 0.25) is 0 Å². The molecule has 1 aliphatic rings. The number of benzene rings is 1. The molecule has 2 aromatic rings. The number of hydrogen-bond acceptors (Lipinski definition) is 3. The maximum atomic E-state index is 5.90. The number of ether oxygens (including phenoxy) is 1. The van der Waals surface area contributed by atoms with E-state index < -0.39 is 0 Å². The topological polar surface area (TPSA) is 34.1 Å². The van der Waals surface area contributed by atoms with Crippen LogP contribution in [-0.2, 0) is 0 Å². The molecule has 21 heavy (non-hydrogen) atoms. The highest BCUT2D eigenvalue weighted by molar-refractivity contribution is 5.21. The highest BCUT2D eigenvalue weighted by atomic mass is 16.5. The molecule has 2 heterocycles. The smallest absolute Gasteiger partial charge is 0.213 e. The van der Waals surface area contributed by atoms with Crippen LogP contribution < -0.4 is 10.1 Å². The number of aromatic nitrogens is 1. The van der Waals surface area contributed by atoms with E-state index in [2.05, 4.69) is 40.6 Å². The van der Waals surface area contributed by atoms with Gasteiger partial charge in [-0.05, 0) is 36.9 Å². The SMILES string of the molecule is Cc1ccc(OCC2CNCCC2c2ccccc2)nc1. The molecule has 1 aliphatic heterocycles. The Kier molecular flexibility index (Phi) is 4.51. The van der Waals surface area contributed by atoms with Crippen LogP contribution >= 0.6 is 0 Å². The van der Waals surface area contributed by atoms with E-state index >= 15 is 0 Å². The molecule has 2 unspecified atom stereocenters. The molecule has 0 bridgehead atoms. The molecule has 1 fully saturated rings. The molecule has 1 N–H and O–H groups in total. The first kappa shape index (κ1) is 14.1. The average Bonchev–Trinajstić information content (AvgIpc) is 2.55. The third-order valence-corrected chi connectivity index (χ3v) is 4.16. The van der Waals surface area contributed by atoms with Crippen LogP contribution in [0, 0.1) is 12.8 Å². The summed E-state index contributed by atoms with van der Waals surface area (Å²) >= 11 is 0. The van der Waals surface area contributed by atoms with Gasteiger partial charge in [0.1, 0.15) is 0 Å². The molecule has 0 amide bonds. The number of nitrogens with one attached hydrogen (secondary N) is 1. The van der Waals surface area contributed by atoms with Gasteiger partial charge >= 0.3 is 0 Å². The van der Waals surface area contributed by atoms with Crippen molar-refractivity contribution in [2.75, 3.05) is 19.7 Å². The second kappa shape index (κ2) is 6.72. The lowest BCUT2D eigenvalue weighted by atomic mass is 9.81. The maximum absolute atomic E-state index is 5.90. The highest BCUT2D eigenvalue weighted by Crippen LogP contribution is 2.30. The highest BCUT2D eigenvalue weighted by Gasteiger charge is 2.26. The number of piperidine rings is 1. The lowest BCUT2D eigenvalue weighted by Gasteiger charge is -2.32. The molecule has 1 aromatic carbocycles. The van der Waals surface area contributed by atoms with Gasteiger partial charge in [-0.25, -0.2) is 4.98 Å². The summed E-state index contributed by atoms with van der Waals surface area (Å²) in [7, 11) is 0. The molecule has 1 aromatic heterocycles. The van der Waals surface area contributed by atoms with Crippen molar-refractivity contribution in [2.24, 2.45) is 5.92 Å². The first-order chi connectivity index (χ1) is 10.3. The molecule has 2 atom stereocenters. The van der Waals surface area contributed by atoms with Gasteiger partial charge in [0.25, 0.3) is 0 Å². The zero-order valence-corrected chi connectivity index (χ0v) is 12.5. The fourth-order valence-electron chi connectivity index (χ4n) is 2.97. The summed E-state index contributed by atoms with van der Waals surface area (Å²) in [5.74, 6) is 1.78. The normalized spacial score (nSPS) is 22.0. The van der Waals surface area contributed by atoms with Gasteiger partial charge in [-0.15, -0.1) is 0 Å². The van der Waals surface area contributed by atoms with Crippen LogP contribution in [0.3, 0.4) is 0 Å². The largest absolute Gasteiger partial charge is 0.477 e. The maximum Gasteiger partial charge on any atom is 0.213 e. The van der Waals surface area contributed by atoms with Crippen LogP contribution in [0.15, 0.2) is 48.7 Å². The van der Waals surface area contributed by atoms with E-state index in [1.807, 2.05) is 25.3 Å². The fraction of sp³-hybridized carbons (Fsp3) is 0.389. The Balaban J connectivity index is 1.66. The molecule has 0 radical (unpaired) electrons. The zero-order chi connectivity index (χ0) is 14.5. The van der Waals surface area contributed by atoms with E-state index in [-0.39, 0.29) is 0 Å². The van der Waals surface area contributed by atoms with Gasteiger partial charge < -0.3 is 10.1 Å². The van der Waals surface area contributed by atoms with E-state index in [4.69, 9.17) is 4.74 Å². The molecule has 0 aliphatic carbocycles. The van der Waals surface area contributed by atoms with E-state index in [9.17, 15) is 0 Å². The Bertz CT molecular complexity index is 553. The van der Waals surface area contributed by atoms with Gasteiger partial charge in [0.15, 0.2) is 0 Å². The Morgan fingerprint density at radius 1 is 1.19 bits per heavy atom. The van der Waals surface area contributed by atoms with Gasteiger partial charge in [0, 0.05) is 24.7 Å². The van der Waals surface area contributed by atoms with Crippen LogP contribution in [0.5, 0.6) is 5.88 Å². The molecule has 0 saturated carbocycles. The first-order valence-corrected chi connectivity index (χ1v) is 7.64. The van der Waals surface area contributed by atoms with Crippen molar-refractivity contribution >= 4 is 0 Å². The van der Waals surface area contributed by atoms with Crippen molar-refractivity contribution in [3.05, 3.63) is 59.8 Å². The molecule has 0 spiro atoms. The van der Waals surface area contributed by atoms with Crippen molar-refractivity contribution in [2.45, 2.75) is 19.3 Å². The Morgan fingerprint density at radius 2 is 2.05 bits per heavy atom. The third kappa shape index (κ3) is 3.61. The van der Waals surface area contributed by atoms with Gasteiger partial charge in [0.2, 0.25) is 5.88 Å². The molecule has 110 valence electrons. The molecule has 3 rings (SSSR count). The number of nitrogens with zero attached hydrogens (tertiary/aromatic N) is 1. The third-order valence-electron chi connectivity index (χ3n) is 4.16. The lowest BCUT2D eigenvalue weighted by Crippen LogP contribution is -2.38. The Morgan fingerprint density at radius 3 is 2.81 bits per heavy atom. The molecule has 3 nitrogen and oxygen atoms in total. The minimum atomic E-state index is 0.490. The van der Waals surface area contributed by atoms with Crippen molar-refractivity contribution in [3.8, 4) is 5.88 Å². The minimum Gasteiger partial charge on any atom is -0.477 e. The number of aryl methyl sites for hydroxylation is 1. The van der Waals surface area contributed by atoms with Crippen molar-refractivity contribution in [3.63, 3.8) is 0 Å². The van der Waals surface area contributed by atoms with Crippen molar-refractivity contribution < 1.29 is 4.74 Å². The summed E-state index contributed by atoms with van der Waals surface area (Å²) in [6, 6.07) is 14.8. The van der Waals surface area contributed by atoms with E-state index in [1.54, 1.807) is 0 Å². The summed E-state index contributed by atoms with van der Waals surface area (Å²) in [5.41, 5.74) is 2.58. The second-order valence-corrected chi connectivity index (χ2v) is 5.75. The van der Waals surface area contributed by atoms with Crippen LogP contribution in [-0.4, -0.2) is 24.7 Å². The van der Waals surface area contributed by atoms with Gasteiger partial charge in [0.05, 0.1) is 6.61 Å². The van der Waals surface area contributed by atoms with Crippen molar-refractivity contribution in [1.29, 1.82) is 0 Å². The van der Waals surface area contributed by atoms with E-state index in [1.165, 1.54) is 12.0 Å². The Labute approximate surface area is 126 Å². The van der Waals surface area contributed by atoms with E-state index in [0.29, 0.717) is 18.4 Å². The zero-order valence-electron chi connectivity index (χ0n) is 12.5. The average molecular weight is 282 g/mol. The first-order valence-electron chi connectivity index (χ1n) is 7.64. The molecule has 1 saturated heterocycles. The van der Waals surface area contributed by atoms with Gasteiger partial charge in [-0.3, -0.25) is 0 Å². The minimum absolute atomic E-state index is 0.490. The number of hydrogen-bond donors (Lipinski definition) is 1. The second-order valence-electron chi connectivity index (χ2n) is 5.75. The summed E-state index contributed by atoms with van der Waals surface area (Å²) in [6.07, 6.45) is 3.02. The van der Waals surface area contributed by atoms with Crippen molar-refractivity contribution in [1.82, 2.24) is 10.3 Å². The lowest BCUT2D eigenvalue weighted by molar-refractivity contribution is 0.191. The summed E-state index contributed by atoms with van der Waals surface area (Å²) in [4.78, 5) is 4.32. The van der Waals surface area contributed by atoms with Crippen LogP contribution in [0.1, 0.15) is 23.5 Å². The summed E-state index contributed by atoms with van der Waals surface area (Å²) in [6.45, 7) is 4.83. The van der Waals surface area contributed by atoms with Crippen LogP contribution in [0.4, 0.5) is 0 Å². The van der Waals surface area contributed by atoms with Gasteiger partial charge in [-0.2, -0.15) is 0 Å². The molecular weight excluding hydrogens is 260 g/mol. The predicted octanol–water partition coefficient (Wildman–Crippen LogP) is 3.16. The number of pyridine rings is 1. The summed E-state index contributed by atoms with van der Waals surface area (Å²) in [5, 5.41) is 3.48. The van der Waals surface area contributed by atoms with Gasteiger partial charge in [-0.1, -0.05) is 36.4 Å². The van der Waals surface area contributed by atoms with E-state index in [0.717, 1.165) is 24.5 Å². The van der Waals surface area contributed by atoms with Crippen LogP contribution in [0.25, 0.3) is 0 Å². The molecular formula is C18H22N2O. The Hall–Kier alpha value is -1.87. The standard InChI is InChI=1S/C18H22N2O/c1-14-7-8-18(20-11-14)21-13-16-12-19-10-9-17(16)15-5-3-2-4-6-15/h2-8,11,16-17,19H,9-10,12-13H2,1H3. The number of rotatable bonds is 4. The monoisotopic (exact) mass is 282 g/mol. The predicted molar refractivity (Wildman–Crippen MR) is 84.6 cm³/mol. The quantitative estimate of drug-likeness (QED) is 0.935. The fourth-order valence-corrected chi connectivity index (χ4v) is 2.97. The summed E-state index contributed by atoms with van der Waals surface area (Å²) < 4.78 is 5.90. The molecule has 3 heteroatoms.